The van der Waals surface area contributed by atoms with E-state index in [1.807, 2.05) is 18.2 Å². The van der Waals surface area contributed by atoms with Crippen LogP contribution in [0.4, 0.5) is 0 Å². The van der Waals surface area contributed by atoms with Crippen LogP contribution in [0.3, 0.4) is 0 Å². The van der Waals surface area contributed by atoms with E-state index in [1.54, 1.807) is 40.2 Å². The van der Waals surface area contributed by atoms with E-state index < -0.39 is 0 Å². The van der Waals surface area contributed by atoms with E-state index in [2.05, 4.69) is 49.3 Å². The number of benzene rings is 3. The van der Waals surface area contributed by atoms with Crippen molar-refractivity contribution in [2.45, 2.75) is 43.4 Å². The minimum absolute atomic E-state index is 0.139. The molecule has 0 saturated carbocycles. The molecule has 1 saturated heterocycles. The predicted octanol–water partition coefficient (Wildman–Crippen LogP) is 6.08. The van der Waals surface area contributed by atoms with Crippen LogP contribution in [0.25, 0.3) is 0 Å². The first-order valence-electron chi connectivity index (χ1n) is 13.7. The van der Waals surface area contributed by atoms with Gasteiger partial charge < -0.3 is 28.4 Å². The molecule has 2 atom stereocenters. The molecule has 0 aromatic heterocycles. The molecular weight excluding hydrogens is 572 g/mol. The molecule has 232 valence electrons. The monoisotopic (exact) mass is 612 g/mol. The van der Waals surface area contributed by atoms with E-state index in [0.717, 1.165) is 40.5 Å². The maximum absolute atomic E-state index is 9.75. The Morgan fingerprint density at radius 1 is 0.884 bits per heavy atom. The third-order valence-corrected chi connectivity index (χ3v) is 7.92. The zero-order valence-electron chi connectivity index (χ0n) is 25.5. The zero-order chi connectivity index (χ0) is 31.4. The van der Waals surface area contributed by atoms with E-state index in [-0.39, 0.29) is 12.2 Å². The van der Waals surface area contributed by atoms with Gasteiger partial charge in [-0.2, -0.15) is 0 Å². The molecule has 0 aliphatic carbocycles. The van der Waals surface area contributed by atoms with Crippen molar-refractivity contribution >= 4 is 11.8 Å². The summed E-state index contributed by atoms with van der Waals surface area (Å²) in [6.45, 7) is 7.43. The van der Waals surface area contributed by atoms with Crippen molar-refractivity contribution in [3.8, 4) is 28.7 Å². The Kier molecular flexibility index (Phi) is 13.5. The van der Waals surface area contributed by atoms with E-state index >= 15 is 0 Å². The molecule has 11 heteroatoms. The molecule has 1 aliphatic rings. The fraction of sp³-hybridized carbons (Fsp3) is 0.406. The van der Waals surface area contributed by atoms with Gasteiger partial charge in [-0.25, -0.2) is 5.43 Å². The van der Waals surface area contributed by atoms with E-state index in [4.69, 9.17) is 33.1 Å². The molecular formula is C32H40N2O8S. The van der Waals surface area contributed by atoms with Crippen molar-refractivity contribution in [3.05, 3.63) is 77.4 Å². The Hall–Kier alpha value is -3.41. The summed E-state index contributed by atoms with van der Waals surface area (Å²) in [5.74, 6) is 3.80. The van der Waals surface area contributed by atoms with Gasteiger partial charge in [-0.05, 0) is 67.3 Å². The summed E-state index contributed by atoms with van der Waals surface area (Å²) in [4.78, 5) is 1.20. The molecule has 0 radical (unpaired) electrons. The quantitative estimate of drug-likeness (QED) is 0.0730. The van der Waals surface area contributed by atoms with Gasteiger partial charge in [-0.3, -0.25) is 5.21 Å². The number of nitrogens with zero attached hydrogens (tertiary/aromatic N) is 1. The first kappa shape index (κ1) is 34.1. The van der Waals surface area contributed by atoms with Crippen LogP contribution >= 0.6 is 11.8 Å². The zero-order valence-corrected chi connectivity index (χ0v) is 26.3. The fourth-order valence-electron chi connectivity index (χ4n) is 4.87. The van der Waals surface area contributed by atoms with Crippen molar-refractivity contribution in [1.29, 1.82) is 0 Å². The van der Waals surface area contributed by atoms with E-state index in [9.17, 15) is 5.21 Å². The third-order valence-electron chi connectivity index (χ3n) is 6.94. The summed E-state index contributed by atoms with van der Waals surface area (Å²) in [5.41, 5.74) is 6.97. The maximum atomic E-state index is 9.75. The summed E-state index contributed by atoms with van der Waals surface area (Å²) >= 11 is 1.74. The second-order valence-electron chi connectivity index (χ2n) is 9.73. The van der Waals surface area contributed by atoms with Gasteiger partial charge in [0.15, 0.2) is 23.0 Å². The Labute approximate surface area is 257 Å². The molecule has 1 heterocycles. The van der Waals surface area contributed by atoms with Crippen LogP contribution in [0, 0.1) is 13.6 Å². The summed E-state index contributed by atoms with van der Waals surface area (Å²) in [6, 6.07) is 16.4. The van der Waals surface area contributed by atoms with Gasteiger partial charge in [0.05, 0.1) is 47.3 Å². The molecule has 0 spiro atoms. The van der Waals surface area contributed by atoms with Crippen molar-refractivity contribution in [3.63, 3.8) is 0 Å². The topological polar surface area (TPSA) is 111 Å². The number of hydrazine groups is 1. The number of hydrogen-bond acceptors (Lipinski definition) is 10. The number of rotatable bonds is 14. The van der Waals surface area contributed by atoms with Crippen LogP contribution < -0.4 is 29.1 Å². The predicted molar refractivity (Wildman–Crippen MR) is 163 cm³/mol. The van der Waals surface area contributed by atoms with Gasteiger partial charge >= 0.3 is 11.3 Å². The van der Waals surface area contributed by atoms with Crippen molar-refractivity contribution in [1.82, 2.24) is 10.6 Å². The van der Waals surface area contributed by atoms with Gasteiger partial charge in [0.1, 0.15) is 0 Å². The van der Waals surface area contributed by atoms with Crippen LogP contribution in [0.2, 0.25) is 0 Å². The van der Waals surface area contributed by atoms with Gasteiger partial charge in [0.25, 0.3) is 0 Å². The van der Waals surface area contributed by atoms with Gasteiger partial charge in [-0.1, -0.05) is 17.7 Å². The van der Waals surface area contributed by atoms with Crippen LogP contribution in [0.5, 0.6) is 28.7 Å². The van der Waals surface area contributed by atoms with Crippen molar-refractivity contribution in [2.24, 2.45) is 0 Å². The molecule has 2 N–H and O–H groups in total. The Balaban J connectivity index is 0.00000248. The molecule has 0 bridgehead atoms. The second kappa shape index (κ2) is 17.0. The summed E-state index contributed by atoms with van der Waals surface area (Å²) in [7, 11) is 7.97. The summed E-state index contributed by atoms with van der Waals surface area (Å²) < 4.78 is 42.6. The summed E-state index contributed by atoms with van der Waals surface area (Å²) in [6.07, 6.45) is 1.36. The van der Waals surface area contributed by atoms with E-state index in [1.165, 1.54) is 17.5 Å². The van der Waals surface area contributed by atoms with E-state index in [0.29, 0.717) is 41.9 Å². The number of methoxy groups -OCH3 is 4. The van der Waals surface area contributed by atoms with Crippen LogP contribution in [0.15, 0.2) is 53.4 Å². The van der Waals surface area contributed by atoms with Crippen molar-refractivity contribution < 1.29 is 38.3 Å². The molecule has 0 amide bonds. The molecule has 3 aromatic carbocycles. The molecule has 1 aliphatic heterocycles. The summed E-state index contributed by atoms with van der Waals surface area (Å²) in [5, 5.41) is 10.7. The average Bonchev–Trinajstić information content (AvgIpc) is 3.53. The van der Waals surface area contributed by atoms with Crippen molar-refractivity contribution in [2.75, 3.05) is 47.8 Å². The second-order valence-corrected chi connectivity index (χ2v) is 10.9. The first-order valence-corrected chi connectivity index (χ1v) is 14.7. The van der Waals surface area contributed by atoms with Crippen LogP contribution in [-0.4, -0.2) is 58.2 Å². The molecule has 1 fully saturated rings. The number of hydroxylamine groups is 1. The molecule has 3 aromatic rings. The Morgan fingerprint density at radius 3 is 1.93 bits per heavy atom. The molecule has 4 rings (SSSR count). The third kappa shape index (κ3) is 9.04. The minimum atomic E-state index is -0.148. The van der Waals surface area contributed by atoms with Gasteiger partial charge in [0, 0.05) is 29.8 Å². The number of aryl methyl sites for hydroxylation is 1. The molecule has 43 heavy (non-hydrogen) atoms. The Morgan fingerprint density at radius 2 is 1.42 bits per heavy atom. The number of thioether (sulfide) groups is 1. The number of ether oxygens (including phenoxy) is 6. The van der Waals surface area contributed by atoms with Gasteiger partial charge in [-0.15, -0.1) is 16.9 Å². The fourth-order valence-corrected chi connectivity index (χ4v) is 5.60. The van der Waals surface area contributed by atoms with Crippen LogP contribution in [0.1, 0.15) is 47.3 Å². The number of hydrogen-bond donors (Lipinski definition) is 2. The SMILES string of the molecule is COc1cc(C2CCC(c3cc(OC)c(OC)c(OC)c3)O2)cc(CNN(C)O)c1OCCSc1ccc(C)cc1.[C-]#[O+]. The standard InChI is InChI=1S/C31H40N2O7S.CO/c1-20-7-9-24(10-8-20)41-14-13-39-30-23(19-32-33(2)34)15-21(16-27(30)35-3)25-11-12-26(40-25)22-17-28(36-4)31(38-6)29(18-22)37-5;1-2/h7-10,15-18,25-26,32,34H,11-14,19H2,1-6H3;. The van der Waals surface area contributed by atoms with Crippen LogP contribution in [-0.2, 0) is 15.9 Å². The normalized spacial score (nSPS) is 15.9. The van der Waals surface area contributed by atoms with Gasteiger partial charge in [0.2, 0.25) is 5.75 Å². The molecule has 10 nitrogen and oxygen atoms in total. The number of nitrogens with one attached hydrogen (secondary N) is 1. The Bertz CT molecular complexity index is 1310. The average molecular weight is 613 g/mol. The first-order chi connectivity index (χ1) is 20.9. The molecule has 2 unspecified atom stereocenters.